The largest absolute Gasteiger partial charge is 0.484 e. The minimum atomic E-state index is -0.342. The molecular formula is C26H27N3O3. The summed E-state index contributed by atoms with van der Waals surface area (Å²) in [6.07, 6.45) is 0. The third-order valence-corrected chi connectivity index (χ3v) is 4.86. The zero-order valence-corrected chi connectivity index (χ0v) is 18.7. The summed E-state index contributed by atoms with van der Waals surface area (Å²) in [6.45, 7) is 7.54. The summed E-state index contributed by atoms with van der Waals surface area (Å²) in [4.78, 5) is 24.5. The van der Waals surface area contributed by atoms with Gasteiger partial charge < -0.3 is 10.1 Å². The second kappa shape index (κ2) is 10.4. The van der Waals surface area contributed by atoms with Crippen molar-refractivity contribution in [3.8, 4) is 5.75 Å². The first kappa shape index (κ1) is 22.7. The van der Waals surface area contributed by atoms with Crippen LogP contribution in [0, 0.1) is 20.8 Å². The predicted octanol–water partition coefficient (Wildman–Crippen LogP) is 4.78. The van der Waals surface area contributed by atoms with Crippen LogP contribution in [0.3, 0.4) is 0 Å². The first-order valence-corrected chi connectivity index (χ1v) is 10.3. The molecule has 6 heteroatoms. The molecule has 32 heavy (non-hydrogen) atoms. The second-order valence-electron chi connectivity index (χ2n) is 7.69. The maximum atomic E-state index is 12.4. The van der Waals surface area contributed by atoms with Crippen LogP contribution in [-0.2, 0) is 4.79 Å². The molecule has 2 amide bonds. The van der Waals surface area contributed by atoms with Crippen molar-refractivity contribution >= 4 is 23.2 Å². The molecule has 3 aromatic rings. The quantitative estimate of drug-likeness (QED) is 0.419. The molecule has 0 aromatic heterocycles. The molecule has 0 atom stereocenters. The summed E-state index contributed by atoms with van der Waals surface area (Å²) in [7, 11) is 0. The number of amides is 2. The van der Waals surface area contributed by atoms with Gasteiger partial charge in [0.15, 0.2) is 6.61 Å². The van der Waals surface area contributed by atoms with E-state index in [9.17, 15) is 9.59 Å². The van der Waals surface area contributed by atoms with Crippen LogP contribution in [0.2, 0.25) is 0 Å². The highest BCUT2D eigenvalue weighted by Gasteiger charge is 2.09. The van der Waals surface area contributed by atoms with Gasteiger partial charge in [-0.3, -0.25) is 9.59 Å². The van der Waals surface area contributed by atoms with Crippen molar-refractivity contribution in [1.82, 2.24) is 5.43 Å². The number of hydrogen-bond donors (Lipinski definition) is 2. The number of anilines is 1. The lowest BCUT2D eigenvalue weighted by Gasteiger charge is -2.09. The van der Waals surface area contributed by atoms with Gasteiger partial charge in [-0.1, -0.05) is 36.4 Å². The summed E-state index contributed by atoms with van der Waals surface area (Å²) in [5.74, 6) is 0.157. The normalized spacial score (nSPS) is 11.1. The van der Waals surface area contributed by atoms with E-state index in [1.807, 2.05) is 69.3 Å². The number of rotatable bonds is 7. The molecule has 2 N–H and O–H groups in total. The van der Waals surface area contributed by atoms with E-state index in [4.69, 9.17) is 4.74 Å². The summed E-state index contributed by atoms with van der Waals surface area (Å²) >= 11 is 0. The lowest BCUT2D eigenvalue weighted by atomic mass is 10.1. The van der Waals surface area contributed by atoms with Gasteiger partial charge in [-0.05, 0) is 80.3 Å². The van der Waals surface area contributed by atoms with E-state index in [1.165, 1.54) is 0 Å². The Morgan fingerprint density at radius 1 is 0.906 bits per heavy atom. The molecule has 0 bridgehead atoms. The third kappa shape index (κ3) is 6.28. The van der Waals surface area contributed by atoms with E-state index in [0.29, 0.717) is 22.7 Å². The van der Waals surface area contributed by atoms with Crippen molar-refractivity contribution < 1.29 is 14.3 Å². The number of carbonyl (C=O) groups is 2. The average Bonchev–Trinajstić information content (AvgIpc) is 2.76. The molecule has 3 rings (SSSR count). The van der Waals surface area contributed by atoms with Crippen LogP contribution in [0.25, 0.3) is 0 Å². The van der Waals surface area contributed by atoms with Crippen molar-refractivity contribution in [3.63, 3.8) is 0 Å². The molecule has 0 saturated heterocycles. The van der Waals surface area contributed by atoms with E-state index < -0.39 is 0 Å². The summed E-state index contributed by atoms with van der Waals surface area (Å²) < 4.78 is 5.54. The van der Waals surface area contributed by atoms with Crippen LogP contribution in [0.15, 0.2) is 71.8 Å². The molecule has 6 nitrogen and oxygen atoms in total. The van der Waals surface area contributed by atoms with Crippen molar-refractivity contribution in [3.05, 3.63) is 94.5 Å². The van der Waals surface area contributed by atoms with Crippen LogP contribution in [0.1, 0.15) is 39.5 Å². The highest BCUT2D eigenvalue weighted by molar-refractivity contribution is 6.05. The molecule has 0 unspecified atom stereocenters. The number of carbonyl (C=O) groups excluding carboxylic acids is 2. The maximum Gasteiger partial charge on any atom is 0.277 e. The van der Waals surface area contributed by atoms with Crippen LogP contribution >= 0.6 is 0 Å². The monoisotopic (exact) mass is 429 g/mol. The van der Waals surface area contributed by atoms with Crippen LogP contribution in [0.5, 0.6) is 5.75 Å². The fourth-order valence-corrected chi connectivity index (χ4v) is 3.23. The molecule has 0 heterocycles. The van der Waals surface area contributed by atoms with Crippen molar-refractivity contribution in [2.45, 2.75) is 27.7 Å². The Hall–Kier alpha value is -3.93. The first-order chi connectivity index (χ1) is 15.3. The van der Waals surface area contributed by atoms with Crippen LogP contribution < -0.4 is 15.5 Å². The predicted molar refractivity (Wildman–Crippen MR) is 127 cm³/mol. The second-order valence-corrected chi connectivity index (χ2v) is 7.69. The summed E-state index contributed by atoms with van der Waals surface area (Å²) in [5.41, 5.74) is 8.37. The van der Waals surface area contributed by atoms with Gasteiger partial charge in [0, 0.05) is 11.3 Å². The lowest BCUT2D eigenvalue weighted by molar-refractivity contribution is -0.123. The fourth-order valence-electron chi connectivity index (χ4n) is 3.23. The topological polar surface area (TPSA) is 79.8 Å². The molecule has 0 spiro atoms. The zero-order valence-electron chi connectivity index (χ0n) is 18.7. The van der Waals surface area contributed by atoms with Crippen molar-refractivity contribution in [1.29, 1.82) is 0 Å². The molecule has 0 saturated carbocycles. The van der Waals surface area contributed by atoms with E-state index in [2.05, 4.69) is 15.8 Å². The van der Waals surface area contributed by atoms with Gasteiger partial charge in [0.25, 0.3) is 11.8 Å². The Balaban J connectivity index is 1.54. The molecule has 0 radical (unpaired) electrons. The number of aryl methyl sites for hydroxylation is 3. The number of hydrazone groups is 1. The summed E-state index contributed by atoms with van der Waals surface area (Å²) in [5, 5.41) is 7.03. The Morgan fingerprint density at radius 3 is 2.22 bits per heavy atom. The highest BCUT2D eigenvalue weighted by atomic mass is 16.5. The number of hydrogen-bond acceptors (Lipinski definition) is 4. The van der Waals surface area contributed by atoms with Crippen molar-refractivity contribution in [2.75, 3.05) is 11.9 Å². The first-order valence-electron chi connectivity index (χ1n) is 10.3. The van der Waals surface area contributed by atoms with Gasteiger partial charge in [-0.2, -0.15) is 5.10 Å². The molecule has 0 fully saturated rings. The molecule has 164 valence electrons. The van der Waals surface area contributed by atoms with E-state index in [-0.39, 0.29) is 18.4 Å². The third-order valence-electron chi connectivity index (χ3n) is 4.86. The molecule has 0 aliphatic rings. The number of nitrogens with zero attached hydrogens (tertiary/aromatic N) is 1. The van der Waals surface area contributed by atoms with Gasteiger partial charge in [0.1, 0.15) is 5.75 Å². The van der Waals surface area contributed by atoms with Gasteiger partial charge in [0.05, 0.1) is 5.71 Å². The highest BCUT2D eigenvalue weighted by Crippen LogP contribution is 2.16. The Labute approximate surface area is 188 Å². The SMILES string of the molecule is CC(=NNC(=O)COc1cc(C)cc(C)c1)c1ccc(NC(=O)c2ccccc2C)cc1. The zero-order chi connectivity index (χ0) is 23.1. The van der Waals surface area contributed by atoms with Gasteiger partial charge in [0.2, 0.25) is 0 Å². The number of benzene rings is 3. The Kier molecular flexibility index (Phi) is 7.39. The maximum absolute atomic E-state index is 12.4. The van der Waals surface area contributed by atoms with Crippen molar-refractivity contribution in [2.24, 2.45) is 5.10 Å². The number of nitrogens with one attached hydrogen (secondary N) is 2. The Morgan fingerprint density at radius 2 is 1.56 bits per heavy atom. The average molecular weight is 430 g/mol. The Bertz CT molecular complexity index is 1130. The number of ether oxygens (including phenoxy) is 1. The minimum Gasteiger partial charge on any atom is -0.484 e. The summed E-state index contributed by atoms with van der Waals surface area (Å²) in [6, 6.07) is 20.5. The van der Waals surface area contributed by atoms with E-state index in [0.717, 1.165) is 22.3 Å². The lowest BCUT2D eigenvalue weighted by Crippen LogP contribution is -2.25. The molecular weight excluding hydrogens is 402 g/mol. The minimum absolute atomic E-state index is 0.121. The van der Waals surface area contributed by atoms with E-state index >= 15 is 0 Å². The fraction of sp³-hybridized carbons (Fsp3) is 0.192. The standard InChI is InChI=1S/C26H27N3O3/c1-17-13-18(2)15-23(14-17)32-16-25(30)29-28-20(4)21-9-11-22(12-10-21)27-26(31)24-8-6-5-7-19(24)3/h5-15H,16H2,1-4H3,(H,27,31)(H,29,30). The van der Waals surface area contributed by atoms with Gasteiger partial charge >= 0.3 is 0 Å². The van der Waals surface area contributed by atoms with Gasteiger partial charge in [-0.15, -0.1) is 0 Å². The van der Waals surface area contributed by atoms with Gasteiger partial charge in [-0.25, -0.2) is 5.43 Å². The van der Waals surface area contributed by atoms with Crippen LogP contribution in [-0.4, -0.2) is 24.1 Å². The molecule has 0 aliphatic heterocycles. The molecule has 3 aromatic carbocycles. The van der Waals surface area contributed by atoms with E-state index in [1.54, 1.807) is 25.1 Å². The smallest absolute Gasteiger partial charge is 0.277 e. The van der Waals surface area contributed by atoms with Crippen LogP contribution in [0.4, 0.5) is 5.69 Å². The molecule has 0 aliphatic carbocycles.